The van der Waals surface area contributed by atoms with Gasteiger partial charge in [0.15, 0.2) is 20.9 Å². The molecule has 0 radical (unpaired) electrons. The van der Waals surface area contributed by atoms with E-state index in [0.717, 1.165) is 12.8 Å². The fourth-order valence-electron chi connectivity index (χ4n) is 2.24. The summed E-state index contributed by atoms with van der Waals surface area (Å²) in [7, 11) is -3.30. The highest BCUT2D eigenvalue weighted by Gasteiger charge is 2.15. The third kappa shape index (κ3) is 3.70. The average molecular weight is 326 g/mol. The van der Waals surface area contributed by atoms with Crippen LogP contribution in [-0.4, -0.2) is 22.9 Å². The van der Waals surface area contributed by atoms with Gasteiger partial charge in [0, 0.05) is 5.39 Å². The van der Waals surface area contributed by atoms with Gasteiger partial charge in [0.25, 0.3) is 0 Å². The number of hydrogen-bond acceptors (Lipinski definition) is 3. The van der Waals surface area contributed by atoms with Crippen LogP contribution in [0, 0.1) is 0 Å². The lowest BCUT2D eigenvalue weighted by molar-refractivity contribution is 0.565. The number of hydrogen-bond donors (Lipinski definition) is 1. The Bertz CT molecular complexity index is 766. The summed E-state index contributed by atoms with van der Waals surface area (Å²) < 4.78 is 45.0. The minimum absolute atomic E-state index is 0.137. The van der Waals surface area contributed by atoms with Gasteiger partial charge in [-0.3, -0.25) is 0 Å². The highest BCUT2D eigenvalue weighted by Crippen LogP contribution is 2.25. The molecule has 0 saturated carbocycles. The van der Waals surface area contributed by atoms with Crippen LogP contribution >= 0.6 is 0 Å². The van der Waals surface area contributed by atoms with E-state index >= 15 is 0 Å². The van der Waals surface area contributed by atoms with E-state index in [9.17, 15) is 17.2 Å². The molecule has 6 heteroatoms. The maximum absolute atomic E-state index is 12.3. The summed E-state index contributed by atoms with van der Waals surface area (Å²) in [5, 5.41) is 1.26. The third-order valence-corrected chi connectivity index (χ3v) is 5.91. The highest BCUT2D eigenvalue weighted by atomic mass is 32.2. The molecule has 0 fully saturated rings. The van der Waals surface area contributed by atoms with Crippen LogP contribution in [0.2, 0.25) is 0 Å². The van der Waals surface area contributed by atoms with Crippen LogP contribution in [0.3, 0.4) is 0 Å². The van der Waals surface area contributed by atoms with Gasteiger partial charge in [-0.05, 0) is 30.0 Å². The molecular formula is C15H18O4S2. The molecule has 2 aromatic carbocycles. The van der Waals surface area contributed by atoms with E-state index < -0.39 is 20.9 Å². The van der Waals surface area contributed by atoms with E-state index in [-0.39, 0.29) is 10.6 Å². The van der Waals surface area contributed by atoms with Gasteiger partial charge in [-0.25, -0.2) is 12.6 Å². The molecule has 1 unspecified atom stereocenters. The molecule has 1 N–H and O–H groups in total. The number of rotatable bonds is 6. The molecule has 4 nitrogen and oxygen atoms in total. The molecule has 0 saturated heterocycles. The van der Waals surface area contributed by atoms with Crippen molar-refractivity contribution in [3.8, 4) is 0 Å². The van der Waals surface area contributed by atoms with Gasteiger partial charge in [-0.15, -0.1) is 0 Å². The molecule has 0 aliphatic carbocycles. The number of sulfone groups is 1. The van der Waals surface area contributed by atoms with Gasteiger partial charge < -0.3 is 4.55 Å². The SMILES string of the molecule is CCCCCS(=O)(=O)c1ccc2c(S(=O)O)cccc2c1. The van der Waals surface area contributed by atoms with E-state index in [1.165, 1.54) is 6.07 Å². The quantitative estimate of drug-likeness (QED) is 0.652. The molecule has 0 spiro atoms. The standard InChI is InChI=1S/C15H18O4S2/c1-2-3-4-10-21(18,19)13-8-9-14-12(11-13)6-5-7-15(14)20(16)17/h5-9,11H,2-4,10H2,1H3,(H,16,17). The first-order chi connectivity index (χ1) is 9.95. The molecule has 2 rings (SSSR count). The summed E-state index contributed by atoms with van der Waals surface area (Å²) in [5.41, 5.74) is 0. The lowest BCUT2D eigenvalue weighted by Gasteiger charge is -2.07. The lowest BCUT2D eigenvalue weighted by Crippen LogP contribution is -2.06. The lowest BCUT2D eigenvalue weighted by atomic mass is 10.1. The van der Waals surface area contributed by atoms with Crippen molar-refractivity contribution in [2.24, 2.45) is 0 Å². The molecule has 114 valence electrons. The maximum Gasteiger partial charge on any atom is 0.187 e. The first-order valence-electron chi connectivity index (χ1n) is 6.82. The Morgan fingerprint density at radius 3 is 2.57 bits per heavy atom. The van der Waals surface area contributed by atoms with Crippen molar-refractivity contribution in [2.45, 2.75) is 36.0 Å². The fourth-order valence-corrected chi connectivity index (χ4v) is 4.21. The third-order valence-electron chi connectivity index (χ3n) is 3.38. The Labute approximate surface area is 127 Å². The Hall–Kier alpha value is -1.24. The topological polar surface area (TPSA) is 71.4 Å². The normalized spacial score (nSPS) is 13.4. The van der Waals surface area contributed by atoms with Gasteiger partial charge in [0.2, 0.25) is 0 Å². The molecule has 21 heavy (non-hydrogen) atoms. The van der Waals surface area contributed by atoms with Crippen molar-refractivity contribution in [3.05, 3.63) is 36.4 Å². The van der Waals surface area contributed by atoms with Crippen molar-refractivity contribution in [1.29, 1.82) is 0 Å². The molecular weight excluding hydrogens is 308 g/mol. The minimum atomic E-state index is -3.30. The Morgan fingerprint density at radius 1 is 1.14 bits per heavy atom. The van der Waals surface area contributed by atoms with Crippen LogP contribution in [0.15, 0.2) is 46.2 Å². The zero-order valence-electron chi connectivity index (χ0n) is 11.8. The summed E-state index contributed by atoms with van der Waals surface area (Å²) in [6.45, 7) is 2.03. The van der Waals surface area contributed by atoms with Crippen molar-refractivity contribution in [1.82, 2.24) is 0 Å². The van der Waals surface area contributed by atoms with Crippen molar-refractivity contribution in [2.75, 3.05) is 5.75 Å². The second-order valence-corrected chi connectivity index (χ2v) is 7.96. The number of fused-ring (bicyclic) bond motifs is 1. The molecule has 0 aliphatic rings. The summed E-state index contributed by atoms with van der Waals surface area (Å²) in [5.74, 6) is 0.137. The largest absolute Gasteiger partial charge is 0.302 e. The van der Waals surface area contributed by atoms with Crippen molar-refractivity contribution in [3.63, 3.8) is 0 Å². The predicted molar refractivity (Wildman–Crippen MR) is 84.6 cm³/mol. The van der Waals surface area contributed by atoms with E-state index in [1.54, 1.807) is 30.3 Å². The zero-order valence-corrected chi connectivity index (χ0v) is 13.4. The molecule has 0 heterocycles. The first-order valence-corrected chi connectivity index (χ1v) is 9.58. The molecule has 2 aromatic rings. The average Bonchev–Trinajstić information content (AvgIpc) is 2.46. The van der Waals surface area contributed by atoms with Crippen LogP contribution < -0.4 is 0 Å². The second kappa shape index (κ2) is 6.68. The first kappa shape index (κ1) is 16.1. The molecule has 0 bridgehead atoms. The Morgan fingerprint density at radius 2 is 1.90 bits per heavy atom. The van der Waals surface area contributed by atoms with E-state index in [0.29, 0.717) is 22.1 Å². The Balaban J connectivity index is 2.42. The number of unbranched alkanes of at least 4 members (excludes halogenated alkanes) is 2. The summed E-state index contributed by atoms with van der Waals surface area (Å²) in [6.07, 6.45) is 2.51. The van der Waals surface area contributed by atoms with Gasteiger partial charge in [0.1, 0.15) is 0 Å². The van der Waals surface area contributed by atoms with Crippen LogP contribution in [0.25, 0.3) is 10.8 Å². The highest BCUT2D eigenvalue weighted by molar-refractivity contribution is 7.91. The smallest absolute Gasteiger partial charge is 0.187 e. The maximum atomic E-state index is 12.3. The molecule has 0 aliphatic heterocycles. The molecule has 1 atom stereocenters. The van der Waals surface area contributed by atoms with Crippen LogP contribution in [0.4, 0.5) is 0 Å². The molecule has 0 amide bonds. The van der Waals surface area contributed by atoms with Gasteiger partial charge in [-0.1, -0.05) is 38.0 Å². The Kier molecular flexibility index (Phi) is 5.13. The summed E-state index contributed by atoms with van der Waals surface area (Å²) >= 11 is -2.09. The van der Waals surface area contributed by atoms with Gasteiger partial charge in [0.05, 0.1) is 15.5 Å². The monoisotopic (exact) mass is 326 g/mol. The van der Waals surface area contributed by atoms with Crippen molar-refractivity contribution >= 4 is 31.7 Å². The van der Waals surface area contributed by atoms with E-state index in [2.05, 4.69) is 0 Å². The zero-order chi connectivity index (χ0) is 15.5. The van der Waals surface area contributed by atoms with Crippen molar-refractivity contribution < 1.29 is 17.2 Å². The van der Waals surface area contributed by atoms with Crippen LogP contribution in [0.5, 0.6) is 0 Å². The summed E-state index contributed by atoms with van der Waals surface area (Å²) in [6, 6.07) is 9.66. The van der Waals surface area contributed by atoms with Crippen LogP contribution in [0.1, 0.15) is 26.2 Å². The second-order valence-electron chi connectivity index (χ2n) is 4.91. The predicted octanol–water partition coefficient (Wildman–Crippen LogP) is 3.38. The van der Waals surface area contributed by atoms with E-state index in [4.69, 9.17) is 0 Å². The van der Waals surface area contributed by atoms with Crippen LogP contribution in [-0.2, 0) is 20.9 Å². The van der Waals surface area contributed by atoms with E-state index in [1.807, 2.05) is 6.92 Å². The van der Waals surface area contributed by atoms with Gasteiger partial charge >= 0.3 is 0 Å². The number of benzene rings is 2. The minimum Gasteiger partial charge on any atom is -0.302 e. The van der Waals surface area contributed by atoms with Gasteiger partial charge in [-0.2, -0.15) is 0 Å². The summed E-state index contributed by atoms with van der Waals surface area (Å²) in [4.78, 5) is 0.564. The molecule has 0 aromatic heterocycles. The fraction of sp³-hybridized carbons (Fsp3) is 0.333.